The van der Waals surface area contributed by atoms with Gasteiger partial charge in [0.15, 0.2) is 0 Å². The molecule has 1 saturated heterocycles. The van der Waals surface area contributed by atoms with Gasteiger partial charge in [0.2, 0.25) is 5.91 Å². The molecule has 0 unspecified atom stereocenters. The molecule has 2 aromatic rings. The van der Waals surface area contributed by atoms with Crippen LogP contribution in [-0.2, 0) is 11.3 Å². The van der Waals surface area contributed by atoms with E-state index in [-0.39, 0.29) is 11.9 Å². The second-order valence-corrected chi connectivity index (χ2v) is 6.15. The highest BCUT2D eigenvalue weighted by molar-refractivity contribution is 9.10. The van der Waals surface area contributed by atoms with E-state index in [0.29, 0.717) is 13.1 Å². The first-order valence-corrected chi connectivity index (χ1v) is 7.70. The molecule has 1 amide bonds. The van der Waals surface area contributed by atoms with Crippen molar-refractivity contribution >= 4 is 21.8 Å². The SMILES string of the molecule is Cc1[nH]ncc1CN1CCNC(=O)[C@@H]1c1cccc(Br)c1. The van der Waals surface area contributed by atoms with Crippen molar-refractivity contribution in [2.24, 2.45) is 0 Å². The van der Waals surface area contributed by atoms with Gasteiger partial charge in [-0.2, -0.15) is 5.10 Å². The van der Waals surface area contributed by atoms with Crippen LogP contribution in [0.1, 0.15) is 22.9 Å². The lowest BCUT2D eigenvalue weighted by atomic mass is 10.0. The van der Waals surface area contributed by atoms with Gasteiger partial charge in [-0.3, -0.25) is 14.8 Å². The fourth-order valence-electron chi connectivity index (χ4n) is 2.68. The lowest BCUT2D eigenvalue weighted by Gasteiger charge is -2.35. The summed E-state index contributed by atoms with van der Waals surface area (Å²) in [6.45, 7) is 4.22. The highest BCUT2D eigenvalue weighted by atomic mass is 79.9. The van der Waals surface area contributed by atoms with Crippen LogP contribution in [0.3, 0.4) is 0 Å². The summed E-state index contributed by atoms with van der Waals surface area (Å²) in [6, 6.07) is 7.67. The van der Waals surface area contributed by atoms with Gasteiger partial charge in [0.1, 0.15) is 6.04 Å². The van der Waals surface area contributed by atoms with Gasteiger partial charge < -0.3 is 5.32 Å². The third kappa shape index (κ3) is 3.01. The molecule has 3 rings (SSSR count). The van der Waals surface area contributed by atoms with Gasteiger partial charge in [-0.15, -0.1) is 0 Å². The van der Waals surface area contributed by atoms with E-state index in [4.69, 9.17) is 0 Å². The summed E-state index contributed by atoms with van der Waals surface area (Å²) in [4.78, 5) is 14.5. The molecule has 21 heavy (non-hydrogen) atoms. The lowest BCUT2D eigenvalue weighted by Crippen LogP contribution is -2.49. The van der Waals surface area contributed by atoms with Crippen molar-refractivity contribution in [2.75, 3.05) is 13.1 Å². The van der Waals surface area contributed by atoms with E-state index in [1.54, 1.807) is 0 Å². The van der Waals surface area contributed by atoms with Crippen LogP contribution >= 0.6 is 15.9 Å². The number of halogens is 1. The number of aromatic amines is 1. The number of nitrogens with zero attached hydrogens (tertiary/aromatic N) is 2. The van der Waals surface area contributed by atoms with Gasteiger partial charge in [0.05, 0.1) is 6.20 Å². The molecule has 0 spiro atoms. The molecule has 5 nitrogen and oxygen atoms in total. The van der Waals surface area contributed by atoms with Crippen molar-refractivity contribution in [1.82, 2.24) is 20.4 Å². The molecular weight excluding hydrogens is 332 g/mol. The Labute approximate surface area is 131 Å². The Bertz CT molecular complexity index is 655. The van der Waals surface area contributed by atoms with Crippen LogP contribution in [-0.4, -0.2) is 34.1 Å². The van der Waals surface area contributed by atoms with Crippen LogP contribution in [0.2, 0.25) is 0 Å². The molecule has 1 aliphatic heterocycles. The van der Waals surface area contributed by atoms with Gasteiger partial charge in [0.25, 0.3) is 0 Å². The van der Waals surface area contributed by atoms with Crippen LogP contribution in [0.5, 0.6) is 0 Å². The number of benzene rings is 1. The van der Waals surface area contributed by atoms with Crippen molar-refractivity contribution in [3.05, 3.63) is 51.8 Å². The number of amides is 1. The number of H-pyrrole nitrogens is 1. The normalized spacial score (nSPS) is 19.5. The standard InChI is InChI=1S/C15H17BrN4O/c1-10-12(8-18-19-10)9-20-6-5-17-15(21)14(20)11-3-2-4-13(16)7-11/h2-4,7-8,14H,5-6,9H2,1H3,(H,17,21)(H,18,19)/t14-/m0/s1. The molecule has 1 aliphatic rings. The van der Waals surface area contributed by atoms with E-state index in [1.165, 1.54) is 0 Å². The van der Waals surface area contributed by atoms with Crippen LogP contribution < -0.4 is 5.32 Å². The van der Waals surface area contributed by atoms with Crippen LogP contribution in [0.15, 0.2) is 34.9 Å². The molecule has 2 N–H and O–H groups in total. The van der Waals surface area contributed by atoms with E-state index < -0.39 is 0 Å². The van der Waals surface area contributed by atoms with E-state index in [2.05, 4.69) is 36.3 Å². The lowest BCUT2D eigenvalue weighted by molar-refractivity contribution is -0.129. The van der Waals surface area contributed by atoms with Gasteiger partial charge in [-0.05, 0) is 24.6 Å². The first-order valence-electron chi connectivity index (χ1n) is 6.91. The average molecular weight is 349 g/mol. The number of rotatable bonds is 3. The number of piperazine rings is 1. The molecule has 0 radical (unpaired) electrons. The maximum Gasteiger partial charge on any atom is 0.242 e. The highest BCUT2D eigenvalue weighted by Gasteiger charge is 2.31. The van der Waals surface area contributed by atoms with Crippen LogP contribution in [0.25, 0.3) is 0 Å². The quantitative estimate of drug-likeness (QED) is 0.893. The summed E-state index contributed by atoms with van der Waals surface area (Å²) in [5.41, 5.74) is 3.18. The summed E-state index contributed by atoms with van der Waals surface area (Å²) in [7, 11) is 0. The fraction of sp³-hybridized carbons (Fsp3) is 0.333. The van der Waals surface area contributed by atoms with Crippen molar-refractivity contribution < 1.29 is 4.79 Å². The predicted octanol–water partition coefficient (Wildman–Crippen LogP) is 2.15. The summed E-state index contributed by atoms with van der Waals surface area (Å²) in [5, 5.41) is 9.96. The number of aryl methyl sites for hydroxylation is 1. The fourth-order valence-corrected chi connectivity index (χ4v) is 3.09. The number of hydrogen-bond acceptors (Lipinski definition) is 3. The molecule has 1 atom stereocenters. The topological polar surface area (TPSA) is 61.0 Å². The van der Waals surface area contributed by atoms with Crippen LogP contribution in [0.4, 0.5) is 0 Å². The van der Waals surface area contributed by atoms with Crippen molar-refractivity contribution in [2.45, 2.75) is 19.5 Å². The Morgan fingerprint density at radius 1 is 1.48 bits per heavy atom. The number of carbonyl (C=O) groups excluding carboxylic acids is 1. The molecule has 6 heteroatoms. The van der Waals surface area contributed by atoms with Crippen molar-refractivity contribution in [1.29, 1.82) is 0 Å². The number of hydrogen-bond donors (Lipinski definition) is 2. The molecule has 0 saturated carbocycles. The molecule has 1 aromatic carbocycles. The first kappa shape index (κ1) is 14.3. The molecule has 2 heterocycles. The zero-order chi connectivity index (χ0) is 14.8. The smallest absolute Gasteiger partial charge is 0.242 e. The predicted molar refractivity (Wildman–Crippen MR) is 83.6 cm³/mol. The van der Waals surface area contributed by atoms with E-state index in [0.717, 1.165) is 27.8 Å². The third-order valence-electron chi connectivity index (χ3n) is 3.78. The summed E-state index contributed by atoms with van der Waals surface area (Å²) < 4.78 is 0.984. The van der Waals surface area contributed by atoms with Gasteiger partial charge in [0, 0.05) is 35.4 Å². The Morgan fingerprint density at radius 3 is 3.05 bits per heavy atom. The van der Waals surface area contributed by atoms with E-state index in [1.807, 2.05) is 37.4 Å². The van der Waals surface area contributed by atoms with Crippen LogP contribution in [0, 0.1) is 6.92 Å². The summed E-state index contributed by atoms with van der Waals surface area (Å²) in [6.07, 6.45) is 1.83. The summed E-state index contributed by atoms with van der Waals surface area (Å²) in [5.74, 6) is 0.0560. The van der Waals surface area contributed by atoms with E-state index in [9.17, 15) is 4.79 Å². The van der Waals surface area contributed by atoms with E-state index >= 15 is 0 Å². The Hall–Kier alpha value is -1.66. The average Bonchev–Trinajstić information content (AvgIpc) is 2.84. The monoisotopic (exact) mass is 348 g/mol. The van der Waals surface area contributed by atoms with Gasteiger partial charge in [-0.1, -0.05) is 28.1 Å². The zero-order valence-electron chi connectivity index (χ0n) is 11.8. The second kappa shape index (κ2) is 5.99. The largest absolute Gasteiger partial charge is 0.353 e. The Kier molecular flexibility index (Phi) is 4.07. The third-order valence-corrected chi connectivity index (χ3v) is 4.28. The maximum atomic E-state index is 12.3. The Morgan fingerprint density at radius 2 is 2.33 bits per heavy atom. The van der Waals surface area contributed by atoms with Crippen molar-refractivity contribution in [3.8, 4) is 0 Å². The Balaban J connectivity index is 1.90. The summed E-state index contributed by atoms with van der Waals surface area (Å²) >= 11 is 3.48. The first-order chi connectivity index (χ1) is 10.1. The number of aromatic nitrogens is 2. The minimum absolute atomic E-state index is 0.0560. The molecule has 0 bridgehead atoms. The maximum absolute atomic E-state index is 12.3. The highest BCUT2D eigenvalue weighted by Crippen LogP contribution is 2.27. The number of carbonyl (C=O) groups is 1. The zero-order valence-corrected chi connectivity index (χ0v) is 13.4. The minimum atomic E-state index is -0.259. The van der Waals surface area contributed by atoms with Gasteiger partial charge >= 0.3 is 0 Å². The van der Waals surface area contributed by atoms with Crippen molar-refractivity contribution in [3.63, 3.8) is 0 Å². The molecule has 1 aromatic heterocycles. The molecule has 1 fully saturated rings. The second-order valence-electron chi connectivity index (χ2n) is 5.24. The molecule has 110 valence electrons. The molecular formula is C15H17BrN4O. The minimum Gasteiger partial charge on any atom is -0.353 e. The van der Waals surface area contributed by atoms with Gasteiger partial charge in [-0.25, -0.2) is 0 Å². The molecule has 0 aliphatic carbocycles. The number of nitrogens with one attached hydrogen (secondary N) is 2.